The molecule has 2 N–H and O–H groups in total. The molecule has 0 unspecified atom stereocenters. The first-order valence-electron chi connectivity index (χ1n) is 13.5. The monoisotopic (exact) mass is 527 g/mol. The summed E-state index contributed by atoms with van der Waals surface area (Å²) in [4.78, 5) is 27.0. The quantitative estimate of drug-likeness (QED) is 0.568. The molecule has 1 aromatic heterocycles. The number of piperazine rings is 1. The molecule has 1 amide bonds. The van der Waals surface area contributed by atoms with E-state index in [1.54, 1.807) is 13.4 Å². The molecule has 0 bridgehead atoms. The second-order valence-corrected chi connectivity index (χ2v) is 11.1. The van der Waals surface area contributed by atoms with Crippen LogP contribution in [0.5, 0.6) is 0 Å². The fourth-order valence-corrected chi connectivity index (χ4v) is 6.27. The van der Waals surface area contributed by atoms with Gasteiger partial charge in [-0.2, -0.15) is 0 Å². The highest BCUT2D eigenvalue weighted by Gasteiger charge is 2.35. The van der Waals surface area contributed by atoms with Gasteiger partial charge in [0.25, 0.3) is 0 Å². The van der Waals surface area contributed by atoms with Crippen LogP contribution in [0.3, 0.4) is 0 Å². The van der Waals surface area contributed by atoms with Crippen LogP contribution in [0.15, 0.2) is 30.6 Å². The molecule has 2 fully saturated rings. The van der Waals surface area contributed by atoms with Crippen molar-refractivity contribution in [2.45, 2.75) is 69.1 Å². The van der Waals surface area contributed by atoms with Crippen molar-refractivity contribution >= 4 is 23.3 Å². The molecule has 8 nitrogen and oxygen atoms in total. The van der Waals surface area contributed by atoms with Crippen molar-refractivity contribution in [3.05, 3.63) is 52.4 Å². The van der Waals surface area contributed by atoms with Gasteiger partial charge in [-0.25, -0.2) is 9.97 Å². The maximum absolute atomic E-state index is 13.8. The van der Waals surface area contributed by atoms with Gasteiger partial charge >= 0.3 is 0 Å². The summed E-state index contributed by atoms with van der Waals surface area (Å²) in [5, 5.41) is 14.7. The number of fused-ring (bicyclic) bond motifs is 1. The number of hydrogen-bond donors (Lipinski definition) is 2. The molecule has 0 spiro atoms. The number of carbonyl (C=O) groups is 1. The molecule has 37 heavy (non-hydrogen) atoms. The average Bonchev–Trinajstić information content (AvgIpc) is 3.23. The van der Waals surface area contributed by atoms with Gasteiger partial charge in [0.1, 0.15) is 12.1 Å². The summed E-state index contributed by atoms with van der Waals surface area (Å²) >= 11 is 6.15. The first kappa shape index (κ1) is 26.4. The van der Waals surface area contributed by atoms with E-state index < -0.39 is 6.10 Å². The lowest BCUT2D eigenvalue weighted by Gasteiger charge is -2.38. The average molecular weight is 528 g/mol. The van der Waals surface area contributed by atoms with Crippen LogP contribution < -0.4 is 10.2 Å². The van der Waals surface area contributed by atoms with E-state index in [2.05, 4.69) is 27.1 Å². The number of halogens is 1. The van der Waals surface area contributed by atoms with Gasteiger partial charge in [-0.15, -0.1) is 0 Å². The number of aliphatic hydroxyl groups is 1. The number of amides is 1. The number of nitrogens with zero attached hydrogens (tertiary/aromatic N) is 4. The molecule has 2 aliphatic carbocycles. The van der Waals surface area contributed by atoms with Crippen molar-refractivity contribution in [1.29, 1.82) is 0 Å². The lowest BCUT2D eigenvalue weighted by molar-refractivity contribution is -0.133. The second-order valence-electron chi connectivity index (χ2n) is 10.7. The highest BCUT2D eigenvalue weighted by Crippen LogP contribution is 2.42. The third-order valence-electron chi connectivity index (χ3n) is 8.36. The molecular formula is C28H38ClN5O3. The minimum Gasteiger partial charge on any atom is -0.387 e. The molecule has 3 atom stereocenters. The normalized spacial score (nSPS) is 26.7. The number of carbonyl (C=O) groups excluding carboxylic acids is 1. The number of benzene rings is 1. The Balaban J connectivity index is 1.25. The van der Waals surface area contributed by atoms with Crippen molar-refractivity contribution in [1.82, 2.24) is 20.2 Å². The molecule has 0 radical (unpaired) electrons. The van der Waals surface area contributed by atoms with Crippen LogP contribution in [0.25, 0.3) is 0 Å². The lowest BCUT2D eigenvalue weighted by atomic mass is 9.91. The predicted molar refractivity (Wildman–Crippen MR) is 144 cm³/mol. The highest BCUT2D eigenvalue weighted by molar-refractivity contribution is 6.30. The molecule has 1 saturated carbocycles. The molecule has 5 rings (SSSR count). The Hall–Kier alpha value is -2.26. The zero-order valence-corrected chi connectivity index (χ0v) is 22.5. The van der Waals surface area contributed by atoms with E-state index in [0.29, 0.717) is 56.3 Å². The SMILES string of the molecule is COC1CCC(NC[C@@H](C(=O)N2CCN(c3ncnc4c3[C@H](C)C[C@H]4O)CC2)c2ccc(Cl)cc2)CC1. The van der Waals surface area contributed by atoms with Gasteiger partial charge in [-0.05, 0) is 55.7 Å². The Morgan fingerprint density at radius 3 is 2.51 bits per heavy atom. The first-order valence-corrected chi connectivity index (χ1v) is 13.9. The van der Waals surface area contributed by atoms with Gasteiger partial charge in [0.05, 0.1) is 23.8 Å². The fourth-order valence-electron chi connectivity index (χ4n) is 6.14. The first-order chi connectivity index (χ1) is 17.9. The molecule has 3 aliphatic rings. The number of aromatic nitrogens is 2. The maximum atomic E-state index is 13.8. The Bertz CT molecular complexity index is 1070. The van der Waals surface area contributed by atoms with E-state index in [-0.39, 0.29) is 17.7 Å². The van der Waals surface area contributed by atoms with Crippen LogP contribution in [0.4, 0.5) is 5.82 Å². The van der Waals surface area contributed by atoms with Gasteiger partial charge in [0.15, 0.2) is 0 Å². The van der Waals surface area contributed by atoms with Crippen LogP contribution in [0, 0.1) is 0 Å². The number of hydrogen-bond acceptors (Lipinski definition) is 7. The predicted octanol–water partition coefficient (Wildman–Crippen LogP) is 3.65. The van der Waals surface area contributed by atoms with Crippen molar-refractivity contribution < 1.29 is 14.6 Å². The Labute approximate surface area is 224 Å². The molecular weight excluding hydrogens is 490 g/mol. The summed E-state index contributed by atoms with van der Waals surface area (Å²) in [7, 11) is 1.79. The van der Waals surface area contributed by atoms with Crippen molar-refractivity contribution in [2.24, 2.45) is 0 Å². The van der Waals surface area contributed by atoms with Crippen LogP contribution in [-0.4, -0.2) is 77.9 Å². The number of methoxy groups -OCH3 is 1. The standard InChI is InChI=1S/C28H38ClN5O3/c1-18-15-24(35)26-25(18)27(32-17-31-26)33-11-13-34(14-12-33)28(36)23(19-3-5-20(29)6-4-19)16-30-21-7-9-22(37-2)10-8-21/h3-6,17-18,21-24,30,35H,7-16H2,1-2H3/t18-,21?,22?,23-,24-/m1/s1. The summed E-state index contributed by atoms with van der Waals surface area (Å²) < 4.78 is 5.51. The van der Waals surface area contributed by atoms with Gasteiger partial charge in [-0.1, -0.05) is 30.7 Å². The molecule has 9 heteroatoms. The van der Waals surface area contributed by atoms with E-state index in [4.69, 9.17) is 16.3 Å². The summed E-state index contributed by atoms with van der Waals surface area (Å²) in [6, 6.07) is 8.08. The van der Waals surface area contributed by atoms with Crippen LogP contribution in [0.2, 0.25) is 5.02 Å². The van der Waals surface area contributed by atoms with Crippen molar-refractivity contribution in [3.8, 4) is 0 Å². The zero-order valence-electron chi connectivity index (χ0n) is 21.8. The number of aliphatic hydroxyl groups excluding tert-OH is 1. The van der Waals surface area contributed by atoms with Crippen molar-refractivity contribution in [2.75, 3.05) is 44.7 Å². The van der Waals surface area contributed by atoms with Gasteiger partial charge in [0, 0.05) is 56.5 Å². The Morgan fingerprint density at radius 2 is 1.84 bits per heavy atom. The van der Waals surface area contributed by atoms with E-state index in [1.807, 2.05) is 29.2 Å². The van der Waals surface area contributed by atoms with Gasteiger partial charge in [-0.3, -0.25) is 4.79 Å². The second kappa shape index (κ2) is 11.6. The zero-order chi connectivity index (χ0) is 25.9. The summed E-state index contributed by atoms with van der Waals surface area (Å²) in [5.41, 5.74) is 2.80. The third kappa shape index (κ3) is 5.77. The number of rotatable bonds is 7. The number of ether oxygens (including phenoxy) is 1. The topological polar surface area (TPSA) is 90.8 Å². The lowest BCUT2D eigenvalue weighted by Crippen LogP contribution is -2.51. The smallest absolute Gasteiger partial charge is 0.231 e. The summed E-state index contributed by atoms with van der Waals surface area (Å²) in [6.45, 7) is 5.42. The molecule has 2 aromatic rings. The number of nitrogens with one attached hydrogen (secondary N) is 1. The Kier molecular flexibility index (Phi) is 8.29. The minimum absolute atomic E-state index is 0.150. The maximum Gasteiger partial charge on any atom is 0.231 e. The van der Waals surface area contributed by atoms with Crippen LogP contribution >= 0.6 is 11.6 Å². The summed E-state index contributed by atoms with van der Waals surface area (Å²) in [5.74, 6) is 1.02. The highest BCUT2D eigenvalue weighted by atomic mass is 35.5. The Morgan fingerprint density at radius 1 is 1.14 bits per heavy atom. The van der Waals surface area contributed by atoms with Gasteiger partial charge in [0.2, 0.25) is 5.91 Å². The molecule has 1 aromatic carbocycles. The van der Waals surface area contributed by atoms with E-state index in [0.717, 1.165) is 48.3 Å². The van der Waals surface area contributed by atoms with Crippen LogP contribution in [-0.2, 0) is 9.53 Å². The van der Waals surface area contributed by atoms with E-state index in [1.165, 1.54) is 0 Å². The number of anilines is 1. The molecule has 1 aliphatic heterocycles. The minimum atomic E-state index is -0.521. The van der Waals surface area contributed by atoms with Crippen molar-refractivity contribution in [3.63, 3.8) is 0 Å². The molecule has 1 saturated heterocycles. The molecule has 2 heterocycles. The fraction of sp³-hybridized carbons (Fsp3) is 0.607. The largest absolute Gasteiger partial charge is 0.387 e. The van der Waals surface area contributed by atoms with E-state index >= 15 is 0 Å². The van der Waals surface area contributed by atoms with E-state index in [9.17, 15) is 9.90 Å². The van der Waals surface area contributed by atoms with Gasteiger partial charge < -0.3 is 25.0 Å². The third-order valence-corrected chi connectivity index (χ3v) is 8.61. The van der Waals surface area contributed by atoms with Crippen LogP contribution in [0.1, 0.15) is 73.8 Å². The summed E-state index contributed by atoms with van der Waals surface area (Å²) in [6.07, 6.45) is 6.30. The molecule has 200 valence electrons.